The van der Waals surface area contributed by atoms with Gasteiger partial charge >= 0.3 is 6.09 Å². The molecule has 9 heteroatoms. The summed E-state index contributed by atoms with van der Waals surface area (Å²) >= 11 is 0. The number of nitrogens with zero attached hydrogens (tertiary/aromatic N) is 1. The third kappa shape index (κ3) is 4.09. The predicted octanol–water partition coefficient (Wildman–Crippen LogP) is 4.01. The molecule has 0 saturated carbocycles. The van der Waals surface area contributed by atoms with E-state index in [1.165, 1.54) is 24.3 Å². The number of rotatable bonds is 6. The normalized spacial score (nSPS) is 10.1. The van der Waals surface area contributed by atoms with Gasteiger partial charge in [-0.2, -0.15) is 0 Å². The Hall–Kier alpha value is -3.36. The van der Waals surface area contributed by atoms with Crippen LogP contribution in [-0.4, -0.2) is 22.7 Å². The van der Waals surface area contributed by atoms with Crippen LogP contribution in [0.2, 0.25) is 0 Å². The number of carbonyl (C=O) groups is 1. The number of carboxylic acid groups (broad SMARTS) is 1. The van der Waals surface area contributed by atoms with Crippen molar-refractivity contribution in [3.8, 4) is 17.2 Å². The van der Waals surface area contributed by atoms with Gasteiger partial charge in [0.05, 0.1) is 17.2 Å². The molecule has 0 aliphatic heterocycles. The van der Waals surface area contributed by atoms with Crippen LogP contribution in [0.15, 0.2) is 36.4 Å². The fraction of sp³-hybridized carbons (Fsp3) is 0.133. The van der Waals surface area contributed by atoms with E-state index in [9.17, 15) is 19.3 Å². The van der Waals surface area contributed by atoms with E-state index >= 15 is 0 Å². The second-order valence-corrected chi connectivity index (χ2v) is 4.50. The Morgan fingerprint density at radius 1 is 1.29 bits per heavy atom. The molecule has 2 aromatic rings. The van der Waals surface area contributed by atoms with Gasteiger partial charge in [-0.3, -0.25) is 15.4 Å². The van der Waals surface area contributed by atoms with E-state index in [-0.39, 0.29) is 35.2 Å². The van der Waals surface area contributed by atoms with Crippen molar-refractivity contribution in [2.45, 2.75) is 6.92 Å². The van der Waals surface area contributed by atoms with Crippen LogP contribution in [0.4, 0.5) is 20.6 Å². The molecule has 0 unspecified atom stereocenters. The smallest absolute Gasteiger partial charge is 0.409 e. The van der Waals surface area contributed by atoms with E-state index in [4.69, 9.17) is 14.6 Å². The molecule has 2 aromatic carbocycles. The van der Waals surface area contributed by atoms with Gasteiger partial charge in [0, 0.05) is 24.3 Å². The minimum absolute atomic E-state index is 0.0131. The van der Waals surface area contributed by atoms with Crippen LogP contribution in [0.25, 0.3) is 0 Å². The SMILES string of the molecule is CCOc1cc(NC(=O)O)c(F)cc1Oc1ccc([N+](=O)[O-])cc1. The molecule has 0 aliphatic carbocycles. The van der Waals surface area contributed by atoms with Crippen LogP contribution in [0.1, 0.15) is 6.92 Å². The average molecular weight is 336 g/mol. The van der Waals surface area contributed by atoms with Crippen molar-refractivity contribution in [3.63, 3.8) is 0 Å². The highest BCUT2D eigenvalue weighted by molar-refractivity contribution is 5.83. The molecular formula is C15H13FN2O6. The number of hydrogen-bond donors (Lipinski definition) is 2. The fourth-order valence-corrected chi connectivity index (χ4v) is 1.86. The van der Waals surface area contributed by atoms with E-state index < -0.39 is 16.8 Å². The number of benzene rings is 2. The number of nitrogens with one attached hydrogen (secondary N) is 1. The highest BCUT2D eigenvalue weighted by atomic mass is 19.1. The Morgan fingerprint density at radius 3 is 2.50 bits per heavy atom. The summed E-state index contributed by atoms with van der Waals surface area (Å²) in [5, 5.41) is 21.2. The maximum Gasteiger partial charge on any atom is 0.409 e. The summed E-state index contributed by atoms with van der Waals surface area (Å²) < 4.78 is 24.7. The van der Waals surface area contributed by atoms with Crippen molar-refractivity contribution in [1.82, 2.24) is 0 Å². The molecule has 0 fully saturated rings. The minimum Gasteiger partial charge on any atom is -0.490 e. The maximum atomic E-state index is 14.0. The fourth-order valence-electron chi connectivity index (χ4n) is 1.86. The number of anilines is 1. The molecule has 0 atom stereocenters. The van der Waals surface area contributed by atoms with E-state index in [2.05, 4.69) is 0 Å². The Labute approximate surface area is 135 Å². The molecular weight excluding hydrogens is 323 g/mol. The molecule has 2 N–H and O–H groups in total. The summed E-state index contributed by atoms with van der Waals surface area (Å²) in [5.41, 5.74) is -0.387. The van der Waals surface area contributed by atoms with Gasteiger partial charge in [-0.1, -0.05) is 0 Å². The van der Waals surface area contributed by atoms with Gasteiger partial charge < -0.3 is 14.6 Å². The zero-order chi connectivity index (χ0) is 17.7. The van der Waals surface area contributed by atoms with Crippen molar-refractivity contribution in [3.05, 3.63) is 52.3 Å². The lowest BCUT2D eigenvalue weighted by atomic mass is 10.2. The average Bonchev–Trinajstić information content (AvgIpc) is 2.52. The molecule has 0 bridgehead atoms. The van der Waals surface area contributed by atoms with Gasteiger partial charge in [-0.05, 0) is 19.1 Å². The third-order valence-electron chi connectivity index (χ3n) is 2.85. The standard InChI is InChI=1S/C15H13FN2O6/c1-2-23-13-8-12(17-15(19)20)11(16)7-14(13)24-10-5-3-9(4-6-10)18(21)22/h3-8,17H,2H2,1H3,(H,19,20). The van der Waals surface area contributed by atoms with Crippen LogP contribution < -0.4 is 14.8 Å². The molecule has 24 heavy (non-hydrogen) atoms. The first kappa shape index (κ1) is 17.0. The first-order valence-electron chi connectivity index (χ1n) is 6.79. The van der Waals surface area contributed by atoms with Crippen LogP contribution in [0.5, 0.6) is 17.2 Å². The van der Waals surface area contributed by atoms with E-state index in [1.54, 1.807) is 6.92 Å². The molecule has 0 heterocycles. The first-order valence-corrected chi connectivity index (χ1v) is 6.79. The molecule has 0 aromatic heterocycles. The summed E-state index contributed by atoms with van der Waals surface area (Å²) in [6, 6.07) is 7.33. The van der Waals surface area contributed by atoms with Gasteiger partial charge in [0.1, 0.15) is 5.75 Å². The van der Waals surface area contributed by atoms with E-state index in [0.717, 1.165) is 12.1 Å². The van der Waals surface area contributed by atoms with Crippen molar-refractivity contribution < 1.29 is 28.7 Å². The Morgan fingerprint density at radius 2 is 1.96 bits per heavy atom. The second kappa shape index (κ2) is 7.27. The van der Waals surface area contributed by atoms with Gasteiger partial charge in [-0.15, -0.1) is 0 Å². The lowest BCUT2D eigenvalue weighted by Crippen LogP contribution is -2.09. The number of hydrogen-bond acceptors (Lipinski definition) is 5. The van der Waals surface area contributed by atoms with Crippen molar-refractivity contribution in [1.29, 1.82) is 0 Å². The quantitative estimate of drug-likeness (QED) is 0.609. The zero-order valence-electron chi connectivity index (χ0n) is 12.5. The summed E-state index contributed by atoms with van der Waals surface area (Å²) in [5.74, 6) is -0.474. The number of non-ortho nitro benzene ring substituents is 1. The van der Waals surface area contributed by atoms with Crippen LogP contribution in [0.3, 0.4) is 0 Å². The Bertz CT molecular complexity index is 763. The summed E-state index contributed by atoms with van der Waals surface area (Å²) in [6.45, 7) is 1.94. The lowest BCUT2D eigenvalue weighted by Gasteiger charge is -2.14. The summed E-state index contributed by atoms with van der Waals surface area (Å²) in [4.78, 5) is 20.7. The molecule has 0 aliphatic rings. The summed E-state index contributed by atoms with van der Waals surface area (Å²) in [7, 11) is 0. The monoisotopic (exact) mass is 336 g/mol. The topological polar surface area (TPSA) is 111 Å². The highest BCUT2D eigenvalue weighted by Gasteiger charge is 2.15. The Balaban J connectivity index is 2.32. The van der Waals surface area contributed by atoms with Crippen molar-refractivity contribution in [2.24, 2.45) is 0 Å². The Kier molecular flexibility index (Phi) is 5.15. The van der Waals surface area contributed by atoms with Crippen LogP contribution in [0, 0.1) is 15.9 Å². The van der Waals surface area contributed by atoms with Crippen molar-refractivity contribution in [2.75, 3.05) is 11.9 Å². The number of halogens is 1. The number of amides is 1. The zero-order valence-corrected chi connectivity index (χ0v) is 12.5. The molecule has 126 valence electrons. The molecule has 1 amide bonds. The maximum absolute atomic E-state index is 14.0. The first-order chi connectivity index (χ1) is 11.4. The number of nitro groups is 1. The molecule has 0 saturated heterocycles. The van der Waals surface area contributed by atoms with Crippen LogP contribution in [-0.2, 0) is 0 Å². The van der Waals surface area contributed by atoms with Gasteiger partial charge in [-0.25, -0.2) is 9.18 Å². The molecule has 0 radical (unpaired) electrons. The van der Waals surface area contributed by atoms with Gasteiger partial charge in [0.15, 0.2) is 17.3 Å². The summed E-state index contributed by atoms with van der Waals surface area (Å²) in [6.07, 6.45) is -1.42. The van der Waals surface area contributed by atoms with Crippen LogP contribution >= 0.6 is 0 Å². The minimum atomic E-state index is -1.42. The van der Waals surface area contributed by atoms with Gasteiger partial charge in [0.2, 0.25) is 0 Å². The molecule has 0 spiro atoms. The molecule has 2 rings (SSSR count). The van der Waals surface area contributed by atoms with E-state index in [1.807, 2.05) is 5.32 Å². The lowest BCUT2D eigenvalue weighted by molar-refractivity contribution is -0.384. The van der Waals surface area contributed by atoms with Gasteiger partial charge in [0.25, 0.3) is 5.69 Å². The highest BCUT2D eigenvalue weighted by Crippen LogP contribution is 2.36. The molecule has 8 nitrogen and oxygen atoms in total. The number of ether oxygens (including phenoxy) is 2. The largest absolute Gasteiger partial charge is 0.490 e. The second-order valence-electron chi connectivity index (χ2n) is 4.50. The third-order valence-corrected chi connectivity index (χ3v) is 2.85. The predicted molar refractivity (Wildman–Crippen MR) is 82.4 cm³/mol. The van der Waals surface area contributed by atoms with Crippen molar-refractivity contribution >= 4 is 17.5 Å². The number of nitro benzene ring substituents is 1. The van der Waals surface area contributed by atoms with E-state index in [0.29, 0.717) is 0 Å².